The molecule has 3 aliphatic rings. The van der Waals surface area contributed by atoms with E-state index in [-0.39, 0.29) is 24.5 Å². The second-order valence-corrected chi connectivity index (χ2v) is 7.44. The molecule has 6 nitrogen and oxygen atoms in total. The average Bonchev–Trinajstić information content (AvgIpc) is 3.19. The van der Waals surface area contributed by atoms with Gasteiger partial charge in [0.1, 0.15) is 6.61 Å². The number of aromatic hydroxyl groups is 2. The van der Waals surface area contributed by atoms with Gasteiger partial charge in [0.25, 0.3) is 0 Å². The van der Waals surface area contributed by atoms with E-state index in [0.717, 1.165) is 12.8 Å². The van der Waals surface area contributed by atoms with Crippen LogP contribution in [0, 0.1) is 23.7 Å². The molecule has 25 heavy (non-hydrogen) atoms. The van der Waals surface area contributed by atoms with Gasteiger partial charge in [0.15, 0.2) is 0 Å². The molecule has 136 valence electrons. The van der Waals surface area contributed by atoms with Crippen LogP contribution in [0.15, 0.2) is 24.3 Å². The van der Waals surface area contributed by atoms with Crippen molar-refractivity contribution in [2.24, 2.45) is 23.7 Å². The van der Waals surface area contributed by atoms with Crippen molar-refractivity contribution in [3.63, 3.8) is 0 Å². The van der Waals surface area contributed by atoms with Gasteiger partial charge in [0.05, 0.1) is 6.10 Å². The molecule has 2 N–H and O–H groups in total. The predicted molar refractivity (Wildman–Crippen MR) is 89.9 cm³/mol. The maximum Gasteiger partial charge on any atom is 0.358 e. The molecule has 2 bridgehead atoms. The summed E-state index contributed by atoms with van der Waals surface area (Å²) in [5.41, 5.74) is 0. The van der Waals surface area contributed by atoms with E-state index < -0.39 is 5.97 Å². The second kappa shape index (κ2) is 6.75. The summed E-state index contributed by atoms with van der Waals surface area (Å²) in [6.07, 6.45) is 11.8. The molecule has 1 heterocycles. The summed E-state index contributed by atoms with van der Waals surface area (Å²) in [7, 11) is 0. The van der Waals surface area contributed by atoms with E-state index in [0.29, 0.717) is 28.4 Å². The van der Waals surface area contributed by atoms with Crippen LogP contribution >= 0.6 is 0 Å². The summed E-state index contributed by atoms with van der Waals surface area (Å²) in [5.74, 6) is 1.25. The molecule has 0 radical (unpaired) electrons. The van der Waals surface area contributed by atoms with Crippen molar-refractivity contribution in [3.8, 4) is 11.8 Å². The highest BCUT2D eigenvalue weighted by atomic mass is 16.7. The van der Waals surface area contributed by atoms with Gasteiger partial charge in [-0.25, -0.2) is 4.79 Å². The number of fused-ring (bicyclic) bond motifs is 5. The number of carbonyl (C=O) groups is 1. The Hall–Kier alpha value is -1.95. The van der Waals surface area contributed by atoms with Crippen LogP contribution in [0.3, 0.4) is 0 Å². The van der Waals surface area contributed by atoms with Crippen molar-refractivity contribution in [1.82, 2.24) is 4.73 Å². The summed E-state index contributed by atoms with van der Waals surface area (Å²) in [6.45, 7) is -0.160. The number of ether oxygens (including phenoxy) is 1. The Morgan fingerprint density at radius 2 is 1.52 bits per heavy atom. The van der Waals surface area contributed by atoms with Gasteiger partial charge < -0.3 is 19.8 Å². The highest BCUT2D eigenvalue weighted by Gasteiger charge is 2.54. The molecule has 3 aliphatic carbocycles. The lowest BCUT2D eigenvalue weighted by Crippen LogP contribution is -2.29. The largest absolute Gasteiger partial charge is 0.492 e. The summed E-state index contributed by atoms with van der Waals surface area (Å²) in [6, 6.07) is 2.51. The minimum atomic E-state index is -0.618. The van der Waals surface area contributed by atoms with Gasteiger partial charge in [-0.1, -0.05) is 12.2 Å². The molecule has 0 aromatic carbocycles. The lowest BCUT2D eigenvalue weighted by Gasteiger charge is -2.31. The van der Waals surface area contributed by atoms with Crippen molar-refractivity contribution in [3.05, 3.63) is 24.3 Å². The molecule has 4 unspecified atom stereocenters. The molecule has 0 saturated heterocycles. The number of carbonyl (C=O) groups excluding carboxylic acids is 1. The molecule has 0 aliphatic heterocycles. The molecule has 2 fully saturated rings. The lowest BCUT2D eigenvalue weighted by atomic mass is 9.74. The Kier molecular flexibility index (Phi) is 4.46. The topological polar surface area (TPSA) is 80.9 Å². The van der Waals surface area contributed by atoms with E-state index in [2.05, 4.69) is 12.2 Å². The number of hydrogen-bond acceptors (Lipinski definition) is 5. The predicted octanol–water partition coefficient (Wildman–Crippen LogP) is 2.64. The molecule has 6 heteroatoms. The van der Waals surface area contributed by atoms with Gasteiger partial charge in [0, 0.05) is 12.1 Å². The van der Waals surface area contributed by atoms with Crippen molar-refractivity contribution in [1.29, 1.82) is 0 Å². The summed E-state index contributed by atoms with van der Waals surface area (Å²) in [5, 5.41) is 19.1. The summed E-state index contributed by atoms with van der Waals surface area (Å²) in [4.78, 5) is 17.0. The second-order valence-electron chi connectivity index (χ2n) is 7.44. The fraction of sp³-hybridized carbons (Fsp3) is 0.632. The van der Waals surface area contributed by atoms with E-state index in [9.17, 15) is 15.0 Å². The van der Waals surface area contributed by atoms with E-state index in [1.54, 1.807) is 0 Å². The quantitative estimate of drug-likeness (QED) is 0.819. The summed E-state index contributed by atoms with van der Waals surface area (Å²) < 4.78 is 6.69. The van der Waals surface area contributed by atoms with Crippen LogP contribution in [0.5, 0.6) is 11.8 Å². The fourth-order valence-electron chi connectivity index (χ4n) is 5.29. The van der Waals surface area contributed by atoms with Crippen molar-refractivity contribution in [2.45, 2.75) is 44.6 Å². The normalized spacial score (nSPS) is 33.7. The number of rotatable bonds is 4. The van der Waals surface area contributed by atoms with Crippen LogP contribution in [-0.4, -0.2) is 33.6 Å². The monoisotopic (exact) mass is 347 g/mol. The maximum atomic E-state index is 12.0. The van der Waals surface area contributed by atoms with Crippen molar-refractivity contribution < 1.29 is 24.6 Å². The van der Waals surface area contributed by atoms with E-state index in [4.69, 9.17) is 9.57 Å². The van der Waals surface area contributed by atoms with Crippen LogP contribution in [0.2, 0.25) is 0 Å². The Morgan fingerprint density at radius 1 is 0.960 bits per heavy atom. The third kappa shape index (κ3) is 3.03. The zero-order chi connectivity index (χ0) is 17.4. The lowest BCUT2D eigenvalue weighted by molar-refractivity contribution is -0.154. The molecule has 0 amide bonds. The first-order valence-corrected chi connectivity index (χ1v) is 9.22. The zero-order valence-corrected chi connectivity index (χ0v) is 14.2. The first-order valence-electron chi connectivity index (χ1n) is 9.22. The van der Waals surface area contributed by atoms with E-state index in [1.165, 1.54) is 37.8 Å². The number of nitrogens with zero attached hydrogens (tertiary/aromatic N) is 1. The highest BCUT2D eigenvalue weighted by Crippen LogP contribution is 2.57. The number of hydrogen-bond donors (Lipinski definition) is 2. The smallest absolute Gasteiger partial charge is 0.358 e. The molecule has 4 rings (SSSR count). The number of aromatic nitrogens is 1. The molecule has 1 aromatic heterocycles. The van der Waals surface area contributed by atoms with Crippen molar-refractivity contribution in [2.75, 3.05) is 6.61 Å². The molecule has 0 spiro atoms. The van der Waals surface area contributed by atoms with Crippen LogP contribution < -0.4 is 4.84 Å². The molecule has 4 atom stereocenters. The van der Waals surface area contributed by atoms with Crippen molar-refractivity contribution >= 4 is 5.97 Å². The fourth-order valence-corrected chi connectivity index (χ4v) is 5.29. The van der Waals surface area contributed by atoms with E-state index >= 15 is 0 Å². The van der Waals surface area contributed by atoms with E-state index in [1.807, 2.05) is 0 Å². The molecule has 1 aromatic rings. The molecular weight excluding hydrogens is 322 g/mol. The first-order chi connectivity index (χ1) is 12.1. The summed E-state index contributed by atoms with van der Waals surface area (Å²) >= 11 is 0. The SMILES string of the molecule is O=C(COC1C2CCC1C1CCC=CCCC12)On1c(O)ccc1O. The van der Waals surface area contributed by atoms with Gasteiger partial charge >= 0.3 is 5.97 Å². The third-order valence-corrected chi connectivity index (χ3v) is 6.21. The Labute approximate surface area is 147 Å². The van der Waals surface area contributed by atoms with Gasteiger partial charge in [-0.05, 0) is 62.2 Å². The Bertz CT molecular complexity index is 623. The zero-order valence-electron chi connectivity index (χ0n) is 14.2. The Balaban J connectivity index is 1.36. The average molecular weight is 347 g/mol. The Morgan fingerprint density at radius 3 is 2.08 bits per heavy atom. The van der Waals surface area contributed by atoms with Gasteiger partial charge in [-0.2, -0.15) is 0 Å². The third-order valence-electron chi connectivity index (χ3n) is 6.21. The van der Waals surface area contributed by atoms with Crippen LogP contribution in [0.4, 0.5) is 0 Å². The van der Waals surface area contributed by atoms with Gasteiger partial charge in [-0.3, -0.25) is 0 Å². The molecule has 2 saturated carbocycles. The minimum Gasteiger partial charge on any atom is -0.492 e. The maximum absolute atomic E-state index is 12.0. The highest BCUT2D eigenvalue weighted by molar-refractivity contribution is 5.71. The van der Waals surface area contributed by atoms with Crippen LogP contribution in [-0.2, 0) is 9.53 Å². The van der Waals surface area contributed by atoms with Gasteiger partial charge in [0.2, 0.25) is 11.8 Å². The van der Waals surface area contributed by atoms with Crippen LogP contribution in [0.1, 0.15) is 38.5 Å². The van der Waals surface area contributed by atoms with Gasteiger partial charge in [-0.15, -0.1) is 4.73 Å². The number of allylic oxidation sites excluding steroid dienone is 2. The minimum absolute atomic E-state index is 0.132. The van der Waals surface area contributed by atoms with Crippen LogP contribution in [0.25, 0.3) is 0 Å². The standard InChI is InChI=1S/C19H25NO5/c21-16-9-10-17(22)20(16)25-18(23)11-24-19-14-7-8-15(19)13-6-4-2-1-3-5-12(13)14/h1-2,9-10,12-15,19,21-22H,3-8,11H2. The first kappa shape index (κ1) is 16.5. The molecular formula is C19H25NO5.